The van der Waals surface area contributed by atoms with Crippen LogP contribution in [0.1, 0.15) is 27.2 Å². The first kappa shape index (κ1) is 18.0. The van der Waals surface area contributed by atoms with Crippen molar-refractivity contribution in [3.63, 3.8) is 0 Å². The van der Waals surface area contributed by atoms with Gasteiger partial charge in [0.1, 0.15) is 0 Å². The van der Waals surface area contributed by atoms with E-state index < -0.39 is 0 Å². The number of aliphatic imine (C=N–C) groups is 1. The predicted octanol–water partition coefficient (Wildman–Crippen LogP) is 1.72. The molecule has 118 valence electrons. The molecule has 2 aliphatic rings. The first-order chi connectivity index (χ1) is 9.06. The van der Waals surface area contributed by atoms with Gasteiger partial charge in [0.25, 0.3) is 0 Å². The van der Waals surface area contributed by atoms with Crippen molar-refractivity contribution >= 4 is 29.9 Å². The van der Waals surface area contributed by atoms with Gasteiger partial charge in [-0.05, 0) is 18.8 Å². The number of nitrogens with one attached hydrogen (secondary N) is 1. The molecule has 2 unspecified atom stereocenters. The molecule has 2 fully saturated rings. The Morgan fingerprint density at radius 2 is 2.20 bits per heavy atom. The molecule has 0 aromatic heterocycles. The Bertz CT molecular complexity index is 334. The number of hydrogen-bond acceptors (Lipinski definition) is 3. The zero-order chi connectivity index (χ0) is 13.9. The zero-order valence-electron chi connectivity index (χ0n) is 13.0. The molecule has 1 aliphatic carbocycles. The second kappa shape index (κ2) is 7.79. The van der Waals surface area contributed by atoms with Gasteiger partial charge < -0.3 is 19.7 Å². The summed E-state index contributed by atoms with van der Waals surface area (Å²) in [6, 6.07) is 0.557. The van der Waals surface area contributed by atoms with Crippen molar-refractivity contribution in [2.45, 2.75) is 39.3 Å². The SMILES string of the molecule is CCN=C(NC1CC1(C)C)N1CCOC(COC)C1.I. The van der Waals surface area contributed by atoms with Gasteiger partial charge >= 0.3 is 0 Å². The van der Waals surface area contributed by atoms with Gasteiger partial charge in [0.2, 0.25) is 0 Å². The Balaban J connectivity index is 0.00000200. The molecule has 5 nitrogen and oxygen atoms in total. The molecule has 2 rings (SSSR count). The summed E-state index contributed by atoms with van der Waals surface area (Å²) >= 11 is 0. The van der Waals surface area contributed by atoms with Crippen LogP contribution in [0, 0.1) is 5.41 Å². The van der Waals surface area contributed by atoms with Crippen LogP contribution >= 0.6 is 24.0 Å². The van der Waals surface area contributed by atoms with Crippen LogP contribution in [0.25, 0.3) is 0 Å². The standard InChI is InChI=1S/C14H27N3O2.HI/c1-5-15-13(16-12-8-14(12,2)3)17-6-7-19-11(9-17)10-18-4;/h11-12H,5-10H2,1-4H3,(H,15,16);1H. The summed E-state index contributed by atoms with van der Waals surface area (Å²) in [6.45, 7) is 10.6. The monoisotopic (exact) mass is 397 g/mol. The van der Waals surface area contributed by atoms with Crippen LogP contribution in [0.2, 0.25) is 0 Å². The van der Waals surface area contributed by atoms with E-state index in [0.717, 1.165) is 32.2 Å². The first-order valence-corrected chi connectivity index (χ1v) is 7.23. The van der Waals surface area contributed by atoms with Crippen LogP contribution in [-0.4, -0.2) is 63.0 Å². The number of rotatable bonds is 4. The molecular weight excluding hydrogens is 369 g/mol. The van der Waals surface area contributed by atoms with Crippen molar-refractivity contribution in [2.24, 2.45) is 10.4 Å². The fourth-order valence-electron chi connectivity index (χ4n) is 2.45. The van der Waals surface area contributed by atoms with Crippen LogP contribution in [-0.2, 0) is 9.47 Å². The van der Waals surface area contributed by atoms with Crippen LogP contribution in [0.3, 0.4) is 0 Å². The van der Waals surface area contributed by atoms with Gasteiger partial charge in [0.15, 0.2) is 5.96 Å². The number of hydrogen-bond donors (Lipinski definition) is 1. The van der Waals surface area contributed by atoms with Crippen molar-refractivity contribution in [2.75, 3.05) is 40.0 Å². The fourth-order valence-corrected chi connectivity index (χ4v) is 2.45. The number of ether oxygens (including phenoxy) is 2. The zero-order valence-corrected chi connectivity index (χ0v) is 15.3. The largest absolute Gasteiger partial charge is 0.382 e. The molecule has 20 heavy (non-hydrogen) atoms. The minimum Gasteiger partial charge on any atom is -0.382 e. The highest BCUT2D eigenvalue weighted by Gasteiger charge is 2.46. The van der Waals surface area contributed by atoms with Crippen LogP contribution in [0.5, 0.6) is 0 Å². The molecule has 1 N–H and O–H groups in total. The summed E-state index contributed by atoms with van der Waals surface area (Å²) < 4.78 is 10.9. The van der Waals surface area contributed by atoms with Gasteiger partial charge in [-0.1, -0.05) is 13.8 Å². The molecule has 0 spiro atoms. The van der Waals surface area contributed by atoms with Gasteiger partial charge in [0, 0.05) is 32.8 Å². The maximum atomic E-state index is 5.69. The molecule has 0 radical (unpaired) electrons. The Morgan fingerprint density at radius 1 is 1.50 bits per heavy atom. The average Bonchev–Trinajstić information content (AvgIpc) is 2.97. The fraction of sp³-hybridized carbons (Fsp3) is 0.929. The van der Waals surface area contributed by atoms with Crippen LogP contribution in [0.15, 0.2) is 4.99 Å². The third-order valence-electron chi connectivity index (χ3n) is 3.92. The van der Waals surface area contributed by atoms with Gasteiger partial charge in [-0.25, -0.2) is 0 Å². The van der Waals surface area contributed by atoms with Gasteiger partial charge in [-0.3, -0.25) is 4.99 Å². The lowest BCUT2D eigenvalue weighted by Gasteiger charge is -2.35. The summed E-state index contributed by atoms with van der Waals surface area (Å²) in [5, 5.41) is 3.59. The summed E-state index contributed by atoms with van der Waals surface area (Å²) in [7, 11) is 1.72. The molecule has 1 aliphatic heterocycles. The average molecular weight is 397 g/mol. The van der Waals surface area contributed by atoms with Crippen molar-refractivity contribution in [3.05, 3.63) is 0 Å². The molecule has 1 saturated heterocycles. The molecular formula is C14H28IN3O2. The number of halogens is 1. The summed E-state index contributed by atoms with van der Waals surface area (Å²) in [5.41, 5.74) is 0.409. The van der Waals surface area contributed by atoms with E-state index in [1.807, 2.05) is 0 Å². The van der Waals surface area contributed by atoms with Crippen LogP contribution in [0.4, 0.5) is 0 Å². The van der Waals surface area contributed by atoms with E-state index in [1.54, 1.807) is 7.11 Å². The smallest absolute Gasteiger partial charge is 0.194 e. The summed E-state index contributed by atoms with van der Waals surface area (Å²) in [4.78, 5) is 6.92. The highest BCUT2D eigenvalue weighted by Crippen LogP contribution is 2.44. The molecule has 0 aromatic carbocycles. The Hall–Kier alpha value is -0.0800. The van der Waals surface area contributed by atoms with Gasteiger partial charge in [0.05, 0.1) is 19.3 Å². The number of methoxy groups -OCH3 is 1. The van der Waals surface area contributed by atoms with E-state index >= 15 is 0 Å². The van der Waals surface area contributed by atoms with E-state index in [4.69, 9.17) is 9.47 Å². The lowest BCUT2D eigenvalue weighted by Crippen LogP contribution is -2.52. The normalized spacial score (nSPS) is 28.8. The topological polar surface area (TPSA) is 46.1 Å². The predicted molar refractivity (Wildman–Crippen MR) is 91.9 cm³/mol. The Morgan fingerprint density at radius 3 is 2.75 bits per heavy atom. The molecule has 0 aromatic rings. The molecule has 6 heteroatoms. The van der Waals surface area contributed by atoms with E-state index in [0.29, 0.717) is 18.1 Å². The molecule has 0 amide bonds. The van der Waals surface area contributed by atoms with Crippen molar-refractivity contribution in [1.29, 1.82) is 0 Å². The van der Waals surface area contributed by atoms with Crippen LogP contribution < -0.4 is 5.32 Å². The quantitative estimate of drug-likeness (QED) is 0.446. The number of guanidine groups is 1. The molecule has 1 saturated carbocycles. The molecule has 0 bridgehead atoms. The van der Waals surface area contributed by atoms with Crippen molar-refractivity contribution in [3.8, 4) is 0 Å². The van der Waals surface area contributed by atoms with Crippen molar-refractivity contribution in [1.82, 2.24) is 10.2 Å². The maximum absolute atomic E-state index is 5.69. The third kappa shape index (κ3) is 4.73. The second-order valence-electron chi connectivity index (χ2n) is 6.08. The summed E-state index contributed by atoms with van der Waals surface area (Å²) in [5.74, 6) is 1.03. The number of nitrogens with zero attached hydrogens (tertiary/aromatic N) is 2. The number of morpholine rings is 1. The minimum absolute atomic E-state index is 0. The Labute approximate surface area is 139 Å². The van der Waals surface area contributed by atoms with E-state index in [1.165, 1.54) is 6.42 Å². The van der Waals surface area contributed by atoms with E-state index in [2.05, 4.69) is 36.0 Å². The third-order valence-corrected chi connectivity index (χ3v) is 3.92. The van der Waals surface area contributed by atoms with Gasteiger partial charge in [-0.15, -0.1) is 24.0 Å². The molecule has 1 heterocycles. The lowest BCUT2D eigenvalue weighted by molar-refractivity contribution is -0.0448. The lowest BCUT2D eigenvalue weighted by atomic mass is 10.2. The summed E-state index contributed by atoms with van der Waals surface area (Å²) in [6.07, 6.45) is 1.37. The Kier molecular flexibility index (Phi) is 7.00. The van der Waals surface area contributed by atoms with E-state index in [9.17, 15) is 0 Å². The van der Waals surface area contributed by atoms with Crippen molar-refractivity contribution < 1.29 is 9.47 Å². The maximum Gasteiger partial charge on any atom is 0.194 e. The second-order valence-corrected chi connectivity index (χ2v) is 6.08. The highest BCUT2D eigenvalue weighted by atomic mass is 127. The molecule has 2 atom stereocenters. The highest BCUT2D eigenvalue weighted by molar-refractivity contribution is 14.0. The van der Waals surface area contributed by atoms with Gasteiger partial charge in [-0.2, -0.15) is 0 Å². The minimum atomic E-state index is 0. The first-order valence-electron chi connectivity index (χ1n) is 7.23. The van der Waals surface area contributed by atoms with E-state index in [-0.39, 0.29) is 30.1 Å².